The second kappa shape index (κ2) is 7.11. The lowest BCUT2D eigenvalue weighted by Gasteiger charge is -2.13. The Morgan fingerprint density at radius 2 is 2.15 bits per heavy atom. The smallest absolute Gasteiger partial charge is 0.422 e. The molecule has 0 aliphatic rings. The second-order valence-corrected chi connectivity index (χ2v) is 3.98. The van der Waals surface area contributed by atoms with Gasteiger partial charge in [-0.3, -0.25) is 4.79 Å². The topological polar surface area (TPSA) is 73.6 Å². The number of anilines is 1. The Balaban J connectivity index is 2.62. The van der Waals surface area contributed by atoms with E-state index in [2.05, 4.69) is 10.1 Å². The number of benzene rings is 1. The Labute approximate surface area is 113 Å². The van der Waals surface area contributed by atoms with E-state index in [1.54, 1.807) is 0 Å². The van der Waals surface area contributed by atoms with Crippen LogP contribution in [0.4, 0.5) is 18.9 Å². The number of nitrogens with two attached hydrogens (primary N) is 1. The fourth-order valence-electron chi connectivity index (χ4n) is 1.32. The van der Waals surface area contributed by atoms with Gasteiger partial charge in [-0.2, -0.15) is 13.2 Å². The van der Waals surface area contributed by atoms with Crippen LogP contribution in [-0.4, -0.2) is 38.4 Å². The van der Waals surface area contributed by atoms with Crippen LogP contribution in [0.2, 0.25) is 0 Å². The second-order valence-electron chi connectivity index (χ2n) is 3.98. The summed E-state index contributed by atoms with van der Waals surface area (Å²) >= 11 is 0. The molecule has 1 amide bonds. The number of hydrogen-bond donors (Lipinski definition) is 2. The van der Waals surface area contributed by atoms with Gasteiger partial charge in [-0.05, 0) is 12.1 Å². The van der Waals surface area contributed by atoms with Crippen LogP contribution < -0.4 is 15.8 Å². The van der Waals surface area contributed by atoms with Gasteiger partial charge in [0.1, 0.15) is 11.8 Å². The summed E-state index contributed by atoms with van der Waals surface area (Å²) in [7, 11) is 1.40. The van der Waals surface area contributed by atoms with Crippen LogP contribution in [0.15, 0.2) is 24.3 Å². The van der Waals surface area contributed by atoms with Gasteiger partial charge < -0.3 is 20.5 Å². The third kappa shape index (κ3) is 5.89. The van der Waals surface area contributed by atoms with Crippen molar-refractivity contribution in [2.75, 3.05) is 25.6 Å². The molecule has 0 fully saturated rings. The average Bonchev–Trinajstić information content (AvgIpc) is 2.36. The molecule has 1 rings (SSSR count). The van der Waals surface area contributed by atoms with Gasteiger partial charge in [0.15, 0.2) is 6.61 Å². The summed E-state index contributed by atoms with van der Waals surface area (Å²) in [5.41, 5.74) is 5.81. The van der Waals surface area contributed by atoms with Crippen molar-refractivity contribution >= 4 is 11.6 Å². The summed E-state index contributed by atoms with van der Waals surface area (Å²) in [5.74, 6) is -0.500. The van der Waals surface area contributed by atoms with E-state index in [0.717, 1.165) is 0 Å². The lowest BCUT2D eigenvalue weighted by Crippen LogP contribution is -2.39. The van der Waals surface area contributed by atoms with Crippen LogP contribution in [0, 0.1) is 0 Å². The molecule has 1 unspecified atom stereocenters. The van der Waals surface area contributed by atoms with Crippen molar-refractivity contribution in [3.05, 3.63) is 24.3 Å². The highest BCUT2D eigenvalue weighted by Gasteiger charge is 2.28. The number of carbonyl (C=O) groups is 1. The Morgan fingerprint density at radius 3 is 2.75 bits per heavy atom. The van der Waals surface area contributed by atoms with Crippen molar-refractivity contribution in [3.63, 3.8) is 0 Å². The molecule has 0 aromatic heterocycles. The maximum Gasteiger partial charge on any atom is 0.422 e. The zero-order valence-electron chi connectivity index (χ0n) is 10.7. The monoisotopic (exact) mass is 292 g/mol. The fraction of sp³-hybridized carbons (Fsp3) is 0.417. The molecule has 0 radical (unpaired) electrons. The minimum atomic E-state index is -4.42. The molecule has 3 N–H and O–H groups in total. The van der Waals surface area contributed by atoms with Crippen molar-refractivity contribution in [1.82, 2.24) is 0 Å². The molecule has 1 aromatic rings. The molecule has 1 atom stereocenters. The predicted molar refractivity (Wildman–Crippen MR) is 66.5 cm³/mol. The zero-order chi connectivity index (χ0) is 15.2. The van der Waals surface area contributed by atoms with Gasteiger partial charge in [0, 0.05) is 18.9 Å². The number of carbonyl (C=O) groups excluding carboxylic acids is 1. The average molecular weight is 292 g/mol. The van der Waals surface area contributed by atoms with Gasteiger partial charge in [-0.15, -0.1) is 0 Å². The van der Waals surface area contributed by atoms with Crippen molar-refractivity contribution in [2.24, 2.45) is 5.73 Å². The molecule has 0 bridgehead atoms. The molecule has 8 heteroatoms. The van der Waals surface area contributed by atoms with Crippen molar-refractivity contribution in [3.8, 4) is 5.75 Å². The summed E-state index contributed by atoms with van der Waals surface area (Å²) in [6.45, 7) is -1.36. The van der Waals surface area contributed by atoms with Crippen molar-refractivity contribution in [2.45, 2.75) is 12.2 Å². The van der Waals surface area contributed by atoms with E-state index < -0.39 is 24.7 Å². The highest BCUT2D eigenvalue weighted by molar-refractivity contribution is 5.94. The number of rotatable bonds is 6. The largest absolute Gasteiger partial charge is 0.484 e. The SMILES string of the molecule is COCC(N)C(=O)Nc1cccc(OCC(F)(F)F)c1. The van der Waals surface area contributed by atoms with Gasteiger partial charge in [-0.1, -0.05) is 6.07 Å². The Bertz CT molecular complexity index is 452. The standard InChI is InChI=1S/C12H15F3N2O3/c1-19-6-10(16)11(18)17-8-3-2-4-9(5-8)20-7-12(13,14)15/h2-5,10H,6-7,16H2,1H3,(H,17,18). The van der Waals surface area contributed by atoms with Gasteiger partial charge in [0.2, 0.25) is 5.91 Å². The van der Waals surface area contributed by atoms with E-state index in [1.807, 2.05) is 0 Å². The van der Waals surface area contributed by atoms with Gasteiger partial charge in [0.25, 0.3) is 0 Å². The summed E-state index contributed by atoms with van der Waals surface area (Å²) in [5, 5.41) is 2.46. The van der Waals surface area contributed by atoms with Crippen LogP contribution in [-0.2, 0) is 9.53 Å². The normalized spacial score (nSPS) is 12.8. The molecular weight excluding hydrogens is 277 g/mol. The van der Waals surface area contributed by atoms with Crippen LogP contribution in [0.1, 0.15) is 0 Å². The highest BCUT2D eigenvalue weighted by Crippen LogP contribution is 2.21. The summed E-state index contributed by atoms with van der Waals surface area (Å²) in [6.07, 6.45) is -4.42. The van der Waals surface area contributed by atoms with Crippen LogP contribution in [0.25, 0.3) is 0 Å². The van der Waals surface area contributed by atoms with Gasteiger partial charge in [-0.25, -0.2) is 0 Å². The van der Waals surface area contributed by atoms with E-state index in [9.17, 15) is 18.0 Å². The molecule has 0 saturated heterocycles. The first-order chi connectivity index (χ1) is 9.31. The molecular formula is C12H15F3N2O3. The third-order valence-electron chi connectivity index (χ3n) is 2.19. The van der Waals surface area contributed by atoms with Crippen LogP contribution in [0.5, 0.6) is 5.75 Å². The lowest BCUT2D eigenvalue weighted by molar-refractivity contribution is -0.153. The van der Waals surface area contributed by atoms with E-state index >= 15 is 0 Å². The van der Waals surface area contributed by atoms with E-state index in [1.165, 1.54) is 31.4 Å². The number of methoxy groups -OCH3 is 1. The number of nitrogens with one attached hydrogen (secondary N) is 1. The molecule has 0 aliphatic heterocycles. The summed E-state index contributed by atoms with van der Waals surface area (Å²) in [4.78, 5) is 11.6. The fourth-order valence-corrected chi connectivity index (χ4v) is 1.32. The highest BCUT2D eigenvalue weighted by atomic mass is 19.4. The van der Waals surface area contributed by atoms with E-state index in [-0.39, 0.29) is 12.4 Å². The Morgan fingerprint density at radius 1 is 1.45 bits per heavy atom. The zero-order valence-corrected chi connectivity index (χ0v) is 10.7. The first-order valence-electron chi connectivity index (χ1n) is 5.67. The molecule has 0 aliphatic carbocycles. The number of amides is 1. The Hall–Kier alpha value is -1.80. The first kappa shape index (κ1) is 16.3. The number of halogens is 3. The lowest BCUT2D eigenvalue weighted by atomic mass is 10.2. The van der Waals surface area contributed by atoms with Gasteiger partial charge >= 0.3 is 6.18 Å². The van der Waals surface area contributed by atoms with Crippen LogP contribution >= 0.6 is 0 Å². The number of ether oxygens (including phenoxy) is 2. The molecule has 112 valence electrons. The maximum absolute atomic E-state index is 12.0. The molecule has 0 heterocycles. The summed E-state index contributed by atoms with van der Waals surface area (Å²) in [6, 6.07) is 4.75. The van der Waals surface area contributed by atoms with Crippen molar-refractivity contribution < 1.29 is 27.4 Å². The Kier molecular flexibility index (Phi) is 5.78. The molecule has 20 heavy (non-hydrogen) atoms. The summed E-state index contributed by atoms with van der Waals surface area (Å²) < 4.78 is 45.3. The minimum Gasteiger partial charge on any atom is -0.484 e. The van der Waals surface area contributed by atoms with E-state index in [4.69, 9.17) is 10.5 Å². The van der Waals surface area contributed by atoms with Crippen molar-refractivity contribution in [1.29, 1.82) is 0 Å². The third-order valence-corrected chi connectivity index (χ3v) is 2.19. The van der Waals surface area contributed by atoms with Crippen LogP contribution in [0.3, 0.4) is 0 Å². The minimum absolute atomic E-state index is 0.000406. The maximum atomic E-state index is 12.0. The van der Waals surface area contributed by atoms with Gasteiger partial charge in [0.05, 0.1) is 6.61 Å². The molecule has 0 spiro atoms. The van der Waals surface area contributed by atoms with E-state index in [0.29, 0.717) is 5.69 Å². The first-order valence-corrected chi connectivity index (χ1v) is 5.67. The quantitative estimate of drug-likeness (QED) is 0.834. The molecule has 5 nitrogen and oxygen atoms in total. The number of alkyl halides is 3. The molecule has 1 aromatic carbocycles. The molecule has 0 saturated carbocycles. The predicted octanol–water partition coefficient (Wildman–Crippen LogP) is 1.54. The number of hydrogen-bond acceptors (Lipinski definition) is 4.